The van der Waals surface area contributed by atoms with E-state index in [4.69, 9.17) is 0 Å². The molecule has 0 unspecified atom stereocenters. The van der Waals surface area contributed by atoms with Gasteiger partial charge in [0, 0.05) is 24.9 Å². The molecule has 2 N–H and O–H groups in total. The normalized spacial score (nSPS) is 20.1. The number of hydrogen-bond acceptors (Lipinski definition) is 4. The van der Waals surface area contributed by atoms with Gasteiger partial charge >= 0.3 is 0 Å². The quantitative estimate of drug-likeness (QED) is 0.646. The van der Waals surface area contributed by atoms with Crippen molar-refractivity contribution in [2.45, 2.75) is 32.7 Å². The molecule has 4 nitrogen and oxygen atoms in total. The van der Waals surface area contributed by atoms with E-state index in [1.807, 2.05) is 0 Å². The first-order chi connectivity index (χ1) is 8.76. The van der Waals surface area contributed by atoms with Gasteiger partial charge in [-0.25, -0.2) is 0 Å². The molecule has 0 aromatic heterocycles. The zero-order valence-electron chi connectivity index (χ0n) is 11.7. The third-order valence-corrected chi connectivity index (χ3v) is 4.28. The maximum atomic E-state index is 11.7. The molecule has 1 heterocycles. The third-order valence-electron chi connectivity index (χ3n) is 3.34. The van der Waals surface area contributed by atoms with E-state index in [1.54, 1.807) is 11.8 Å². The Balaban J connectivity index is 2.02. The fourth-order valence-electron chi connectivity index (χ4n) is 2.14. The van der Waals surface area contributed by atoms with Crippen molar-refractivity contribution in [2.75, 3.05) is 44.2 Å². The molecule has 1 aliphatic heterocycles. The van der Waals surface area contributed by atoms with Gasteiger partial charge in [0.05, 0.1) is 5.75 Å². The Morgan fingerprint density at radius 3 is 2.83 bits per heavy atom. The van der Waals surface area contributed by atoms with Crippen LogP contribution in [0.3, 0.4) is 0 Å². The third kappa shape index (κ3) is 6.61. The molecule has 106 valence electrons. The summed E-state index contributed by atoms with van der Waals surface area (Å²) in [4.78, 5) is 14.1. The monoisotopic (exact) mass is 273 g/mol. The number of carbonyl (C=O) groups is 1. The van der Waals surface area contributed by atoms with Crippen molar-refractivity contribution in [2.24, 2.45) is 0 Å². The Morgan fingerprint density at radius 1 is 1.44 bits per heavy atom. The molecule has 0 radical (unpaired) electrons. The van der Waals surface area contributed by atoms with Crippen LogP contribution >= 0.6 is 11.8 Å². The van der Waals surface area contributed by atoms with Crippen LogP contribution in [0, 0.1) is 0 Å². The minimum atomic E-state index is 0.188. The van der Waals surface area contributed by atoms with Gasteiger partial charge in [0.2, 0.25) is 5.91 Å². The van der Waals surface area contributed by atoms with E-state index in [0.717, 1.165) is 44.9 Å². The summed E-state index contributed by atoms with van der Waals surface area (Å²) >= 11 is 1.73. The lowest BCUT2D eigenvalue weighted by atomic mass is 10.1. The van der Waals surface area contributed by atoms with E-state index < -0.39 is 0 Å². The van der Waals surface area contributed by atoms with Gasteiger partial charge in [0.15, 0.2) is 0 Å². The molecule has 0 aromatic rings. The van der Waals surface area contributed by atoms with Crippen LogP contribution in [0.5, 0.6) is 0 Å². The van der Waals surface area contributed by atoms with E-state index in [2.05, 4.69) is 29.4 Å². The number of hydrogen-bond donors (Lipinski definition) is 2. The minimum Gasteiger partial charge on any atom is -0.351 e. The molecule has 1 saturated heterocycles. The molecule has 1 rings (SSSR count). The molecule has 0 aromatic carbocycles. The van der Waals surface area contributed by atoms with Crippen molar-refractivity contribution in [1.29, 1.82) is 0 Å². The predicted octanol–water partition coefficient (Wildman–Crippen LogP) is 0.930. The Hall–Kier alpha value is -0.260. The first-order valence-electron chi connectivity index (χ1n) is 7.06. The summed E-state index contributed by atoms with van der Waals surface area (Å²) in [6, 6.07) is 0.342. The summed E-state index contributed by atoms with van der Waals surface area (Å²) in [5.74, 6) is 1.82. The van der Waals surface area contributed by atoms with E-state index in [1.165, 1.54) is 6.42 Å². The number of carbonyl (C=O) groups excluding carboxylic acids is 1. The zero-order chi connectivity index (χ0) is 13.2. The second kappa shape index (κ2) is 9.64. The first-order valence-corrected chi connectivity index (χ1v) is 8.21. The minimum absolute atomic E-state index is 0.188. The number of piperidine rings is 1. The van der Waals surface area contributed by atoms with Gasteiger partial charge in [0.1, 0.15) is 0 Å². The fraction of sp³-hybridized carbons (Fsp3) is 0.923. The molecular weight excluding hydrogens is 246 g/mol. The summed E-state index contributed by atoms with van der Waals surface area (Å²) in [6.45, 7) is 9.64. The van der Waals surface area contributed by atoms with Gasteiger partial charge < -0.3 is 15.5 Å². The lowest BCUT2D eigenvalue weighted by molar-refractivity contribution is -0.119. The predicted molar refractivity (Wildman–Crippen MR) is 79.1 cm³/mol. The van der Waals surface area contributed by atoms with Crippen molar-refractivity contribution in [3.63, 3.8) is 0 Å². The summed E-state index contributed by atoms with van der Waals surface area (Å²) in [6.07, 6.45) is 2.28. The fourth-order valence-corrected chi connectivity index (χ4v) is 2.94. The number of nitrogens with one attached hydrogen (secondary N) is 2. The van der Waals surface area contributed by atoms with Crippen LogP contribution in [-0.4, -0.2) is 61.1 Å². The van der Waals surface area contributed by atoms with Gasteiger partial charge in [-0.2, -0.15) is 11.8 Å². The first kappa shape index (κ1) is 15.8. The van der Waals surface area contributed by atoms with Gasteiger partial charge in [-0.1, -0.05) is 13.8 Å². The Bertz CT molecular complexity index is 228. The highest BCUT2D eigenvalue weighted by atomic mass is 32.2. The molecule has 0 spiro atoms. The molecule has 1 fully saturated rings. The lowest BCUT2D eigenvalue weighted by Crippen LogP contribution is -2.46. The molecule has 5 heteroatoms. The van der Waals surface area contributed by atoms with Crippen LogP contribution in [0.4, 0.5) is 0 Å². The van der Waals surface area contributed by atoms with E-state index in [-0.39, 0.29) is 5.91 Å². The highest BCUT2D eigenvalue weighted by molar-refractivity contribution is 7.99. The standard InChI is InChI=1S/C13H27N3OS/c1-3-16(4-2)8-9-18-11-13(17)15-12-6-5-7-14-10-12/h12,14H,3-11H2,1-2H3,(H,15,17)/t12-/m0/s1. The average Bonchev–Trinajstić information content (AvgIpc) is 2.40. The number of rotatable bonds is 8. The lowest BCUT2D eigenvalue weighted by Gasteiger charge is -2.23. The number of nitrogens with zero attached hydrogens (tertiary/aromatic N) is 1. The van der Waals surface area contributed by atoms with Crippen LogP contribution in [-0.2, 0) is 4.79 Å². The highest BCUT2D eigenvalue weighted by Crippen LogP contribution is 2.04. The highest BCUT2D eigenvalue weighted by Gasteiger charge is 2.14. The van der Waals surface area contributed by atoms with Crippen molar-refractivity contribution >= 4 is 17.7 Å². The number of thioether (sulfide) groups is 1. The molecule has 1 atom stereocenters. The second-order valence-corrected chi connectivity index (χ2v) is 5.80. The average molecular weight is 273 g/mol. The number of amides is 1. The summed E-state index contributed by atoms with van der Waals surface area (Å²) in [5, 5.41) is 6.41. The molecule has 18 heavy (non-hydrogen) atoms. The van der Waals surface area contributed by atoms with Crippen molar-refractivity contribution < 1.29 is 4.79 Å². The SMILES string of the molecule is CCN(CC)CCSCC(=O)N[C@H]1CCCNC1. The maximum Gasteiger partial charge on any atom is 0.230 e. The van der Waals surface area contributed by atoms with Crippen molar-refractivity contribution in [3.05, 3.63) is 0 Å². The molecular formula is C13H27N3OS. The van der Waals surface area contributed by atoms with Gasteiger partial charge in [-0.15, -0.1) is 0 Å². The van der Waals surface area contributed by atoms with Crippen LogP contribution in [0.15, 0.2) is 0 Å². The van der Waals surface area contributed by atoms with Gasteiger partial charge in [0.25, 0.3) is 0 Å². The van der Waals surface area contributed by atoms with Crippen LogP contribution in [0.1, 0.15) is 26.7 Å². The van der Waals surface area contributed by atoms with Crippen molar-refractivity contribution in [1.82, 2.24) is 15.5 Å². The van der Waals surface area contributed by atoms with Crippen LogP contribution in [0.25, 0.3) is 0 Å². The molecule has 1 aliphatic rings. The van der Waals surface area contributed by atoms with Crippen LogP contribution < -0.4 is 10.6 Å². The largest absolute Gasteiger partial charge is 0.351 e. The van der Waals surface area contributed by atoms with Gasteiger partial charge in [-0.3, -0.25) is 4.79 Å². The van der Waals surface area contributed by atoms with Gasteiger partial charge in [-0.05, 0) is 32.5 Å². The van der Waals surface area contributed by atoms with E-state index in [0.29, 0.717) is 11.8 Å². The summed E-state index contributed by atoms with van der Waals surface area (Å²) in [5.41, 5.74) is 0. The summed E-state index contributed by atoms with van der Waals surface area (Å²) < 4.78 is 0. The maximum absolute atomic E-state index is 11.7. The Morgan fingerprint density at radius 2 is 2.22 bits per heavy atom. The van der Waals surface area contributed by atoms with Crippen molar-refractivity contribution in [3.8, 4) is 0 Å². The Labute approximate surface area is 115 Å². The van der Waals surface area contributed by atoms with E-state index in [9.17, 15) is 4.79 Å². The summed E-state index contributed by atoms with van der Waals surface area (Å²) in [7, 11) is 0. The topological polar surface area (TPSA) is 44.4 Å². The Kier molecular flexibility index (Phi) is 8.46. The molecule has 0 aliphatic carbocycles. The smallest absolute Gasteiger partial charge is 0.230 e. The molecule has 1 amide bonds. The van der Waals surface area contributed by atoms with E-state index >= 15 is 0 Å². The second-order valence-electron chi connectivity index (χ2n) is 4.69. The zero-order valence-corrected chi connectivity index (χ0v) is 12.5. The van der Waals surface area contributed by atoms with Crippen LogP contribution in [0.2, 0.25) is 0 Å². The molecule has 0 saturated carbocycles. The molecule has 0 bridgehead atoms.